The molecule has 7 nitrogen and oxygen atoms in total. The zero-order chi connectivity index (χ0) is 21.3. The van der Waals surface area contributed by atoms with E-state index >= 15 is 0 Å². The van der Waals surface area contributed by atoms with Crippen molar-refractivity contribution >= 4 is 21.8 Å². The van der Waals surface area contributed by atoms with Crippen LogP contribution in [0.15, 0.2) is 59.5 Å². The van der Waals surface area contributed by atoms with Crippen molar-refractivity contribution in [3.8, 4) is 0 Å². The van der Waals surface area contributed by atoms with Crippen LogP contribution in [-0.2, 0) is 21.2 Å². The van der Waals surface area contributed by atoms with Crippen molar-refractivity contribution in [2.24, 2.45) is 11.1 Å². The summed E-state index contributed by atoms with van der Waals surface area (Å²) >= 11 is 0. The predicted molar refractivity (Wildman–Crippen MR) is 112 cm³/mol. The van der Waals surface area contributed by atoms with E-state index in [0.717, 1.165) is 24.8 Å². The number of nitrogens with zero attached hydrogens (tertiary/aromatic N) is 1. The Balaban J connectivity index is 1.39. The molecule has 8 heteroatoms. The van der Waals surface area contributed by atoms with E-state index < -0.39 is 16.1 Å². The zero-order valence-electron chi connectivity index (χ0n) is 16.5. The molecule has 4 rings (SSSR count). The van der Waals surface area contributed by atoms with Gasteiger partial charge in [0.25, 0.3) is 5.91 Å². The number of benzene rings is 2. The van der Waals surface area contributed by atoms with Crippen molar-refractivity contribution < 1.29 is 18.0 Å². The Labute approximate surface area is 176 Å². The molecule has 2 fully saturated rings. The average Bonchev–Trinajstić information content (AvgIpc) is 3.35. The lowest BCUT2D eigenvalue weighted by Crippen LogP contribution is -2.53. The highest BCUT2D eigenvalue weighted by atomic mass is 32.2. The molecule has 30 heavy (non-hydrogen) atoms. The molecule has 0 spiro atoms. The summed E-state index contributed by atoms with van der Waals surface area (Å²) in [6, 6.07) is 15.1. The summed E-state index contributed by atoms with van der Waals surface area (Å²) in [5.74, 6) is 0.00544. The minimum atomic E-state index is -3.71. The Kier molecular flexibility index (Phi) is 5.62. The summed E-state index contributed by atoms with van der Waals surface area (Å²) < 4.78 is 22.7. The monoisotopic (exact) mass is 427 g/mol. The minimum Gasteiger partial charge on any atom is -0.354 e. The second-order valence-corrected chi connectivity index (χ2v) is 9.54. The van der Waals surface area contributed by atoms with E-state index in [0.29, 0.717) is 18.5 Å². The molecule has 1 aliphatic heterocycles. The topological polar surface area (TPSA) is 110 Å². The van der Waals surface area contributed by atoms with Gasteiger partial charge in [0.05, 0.1) is 4.90 Å². The first-order valence-electron chi connectivity index (χ1n) is 10.1. The van der Waals surface area contributed by atoms with Crippen molar-refractivity contribution in [1.82, 2.24) is 10.2 Å². The highest BCUT2D eigenvalue weighted by Gasteiger charge is 2.51. The van der Waals surface area contributed by atoms with Gasteiger partial charge in [0.2, 0.25) is 15.9 Å². The molecule has 1 aliphatic carbocycles. The Morgan fingerprint density at radius 1 is 1.03 bits per heavy atom. The molecule has 0 radical (unpaired) electrons. The second-order valence-electron chi connectivity index (χ2n) is 7.98. The molecule has 0 unspecified atom stereocenters. The van der Waals surface area contributed by atoms with Gasteiger partial charge >= 0.3 is 0 Å². The number of primary sulfonamides is 1. The molecule has 2 bridgehead atoms. The zero-order valence-corrected chi connectivity index (χ0v) is 17.3. The van der Waals surface area contributed by atoms with Gasteiger partial charge in [-0.3, -0.25) is 9.59 Å². The van der Waals surface area contributed by atoms with Gasteiger partial charge in [-0.05, 0) is 61.4 Å². The van der Waals surface area contributed by atoms with E-state index in [1.54, 1.807) is 29.2 Å². The van der Waals surface area contributed by atoms with E-state index in [-0.39, 0.29) is 28.7 Å². The van der Waals surface area contributed by atoms with Gasteiger partial charge < -0.3 is 10.2 Å². The molecule has 2 amide bonds. The number of rotatable bonds is 6. The molecule has 3 atom stereocenters. The molecule has 2 aromatic carbocycles. The van der Waals surface area contributed by atoms with E-state index in [2.05, 4.69) is 5.32 Å². The van der Waals surface area contributed by atoms with Crippen LogP contribution in [0.5, 0.6) is 0 Å². The highest BCUT2D eigenvalue weighted by molar-refractivity contribution is 7.89. The maximum absolute atomic E-state index is 13.0. The summed E-state index contributed by atoms with van der Waals surface area (Å²) in [6.45, 7) is 0.412. The van der Waals surface area contributed by atoms with E-state index in [9.17, 15) is 18.0 Å². The summed E-state index contributed by atoms with van der Waals surface area (Å²) in [6.07, 6.45) is 3.36. The maximum atomic E-state index is 13.0. The molecule has 0 aromatic heterocycles. The average molecular weight is 428 g/mol. The number of piperidine rings is 1. The Morgan fingerprint density at radius 2 is 1.73 bits per heavy atom. The molecule has 3 N–H and O–H groups in total. The fourth-order valence-corrected chi connectivity index (χ4v) is 5.14. The van der Waals surface area contributed by atoms with Crippen LogP contribution >= 0.6 is 0 Å². The first-order valence-corrected chi connectivity index (χ1v) is 11.7. The first-order chi connectivity index (χ1) is 14.3. The Hall–Kier alpha value is -2.71. The number of hydrogen-bond acceptors (Lipinski definition) is 4. The van der Waals surface area contributed by atoms with Crippen molar-refractivity contribution in [3.63, 3.8) is 0 Å². The Morgan fingerprint density at radius 3 is 2.40 bits per heavy atom. The third kappa shape index (κ3) is 4.11. The number of nitrogens with two attached hydrogens (primary N) is 1. The number of fused-ring (bicyclic) bond motifs is 2. The third-order valence-electron chi connectivity index (χ3n) is 6.07. The SMILES string of the molecule is NS(=O)(=O)c1ccc(CCNC(=O)[C@@H]2[C@H]3CC[C@@H](C3)N2C(=O)c2ccccc2)cc1. The normalized spacial score (nSPS) is 22.8. The molecular formula is C22H25N3O4S. The van der Waals surface area contributed by atoms with Gasteiger partial charge in [0.15, 0.2) is 0 Å². The fourth-order valence-electron chi connectivity index (χ4n) is 4.63. The van der Waals surface area contributed by atoms with Crippen LogP contribution in [0.2, 0.25) is 0 Å². The number of hydrogen-bond donors (Lipinski definition) is 2. The fraction of sp³-hybridized carbons (Fsp3) is 0.364. The van der Waals surface area contributed by atoms with Crippen LogP contribution in [0, 0.1) is 5.92 Å². The lowest BCUT2D eigenvalue weighted by molar-refractivity contribution is -0.126. The summed E-state index contributed by atoms with van der Waals surface area (Å²) in [7, 11) is -3.71. The van der Waals surface area contributed by atoms with Crippen LogP contribution in [0.25, 0.3) is 0 Å². The maximum Gasteiger partial charge on any atom is 0.254 e. The largest absolute Gasteiger partial charge is 0.354 e. The lowest BCUT2D eigenvalue weighted by Gasteiger charge is -2.34. The summed E-state index contributed by atoms with van der Waals surface area (Å²) in [4.78, 5) is 27.8. The summed E-state index contributed by atoms with van der Waals surface area (Å²) in [5, 5.41) is 8.07. The minimum absolute atomic E-state index is 0.0623. The van der Waals surface area contributed by atoms with Gasteiger partial charge in [-0.15, -0.1) is 0 Å². The van der Waals surface area contributed by atoms with Crippen molar-refractivity contribution in [2.75, 3.05) is 6.54 Å². The van der Waals surface area contributed by atoms with Crippen LogP contribution in [0.4, 0.5) is 0 Å². The van der Waals surface area contributed by atoms with E-state index in [1.807, 2.05) is 18.2 Å². The molecule has 1 saturated heterocycles. The quantitative estimate of drug-likeness (QED) is 0.731. The van der Waals surface area contributed by atoms with Crippen molar-refractivity contribution in [1.29, 1.82) is 0 Å². The van der Waals surface area contributed by atoms with Crippen molar-refractivity contribution in [2.45, 2.75) is 42.7 Å². The molecule has 1 saturated carbocycles. The van der Waals surface area contributed by atoms with E-state index in [4.69, 9.17) is 5.14 Å². The van der Waals surface area contributed by atoms with E-state index in [1.165, 1.54) is 12.1 Å². The molecule has 158 valence electrons. The smallest absolute Gasteiger partial charge is 0.254 e. The van der Waals surface area contributed by atoms with Gasteiger partial charge in [-0.25, -0.2) is 13.6 Å². The first kappa shape index (κ1) is 20.6. The predicted octanol–water partition coefficient (Wildman–Crippen LogP) is 1.69. The Bertz CT molecular complexity index is 1040. The van der Waals surface area contributed by atoms with Crippen LogP contribution < -0.4 is 10.5 Å². The standard InChI is InChI=1S/C22H25N3O4S/c23-30(28,29)19-10-6-15(7-11-19)12-13-24-21(26)20-17-8-9-18(14-17)25(20)22(27)16-4-2-1-3-5-16/h1-7,10-11,17-18,20H,8-9,12-14H2,(H,24,26)(H2,23,28,29)/t17-,18-,20-/m0/s1. The number of amides is 2. The van der Waals surface area contributed by atoms with Gasteiger partial charge in [0, 0.05) is 18.2 Å². The molecule has 1 heterocycles. The number of carbonyl (C=O) groups is 2. The van der Waals surface area contributed by atoms with Gasteiger partial charge in [-0.2, -0.15) is 0 Å². The van der Waals surface area contributed by atoms with Gasteiger partial charge in [-0.1, -0.05) is 30.3 Å². The second kappa shape index (κ2) is 8.20. The lowest BCUT2D eigenvalue weighted by atomic mass is 9.97. The van der Waals surface area contributed by atoms with Crippen LogP contribution in [0.1, 0.15) is 35.2 Å². The third-order valence-corrected chi connectivity index (χ3v) is 7.00. The van der Waals surface area contributed by atoms with Crippen LogP contribution in [-0.4, -0.2) is 43.8 Å². The van der Waals surface area contributed by atoms with Gasteiger partial charge in [0.1, 0.15) is 6.04 Å². The van der Waals surface area contributed by atoms with Crippen molar-refractivity contribution in [3.05, 3.63) is 65.7 Å². The number of sulfonamides is 1. The summed E-state index contributed by atoms with van der Waals surface area (Å²) in [5.41, 5.74) is 1.51. The molecule has 2 aromatic rings. The molecular weight excluding hydrogens is 402 g/mol. The molecule has 2 aliphatic rings. The number of likely N-dealkylation sites (tertiary alicyclic amines) is 1. The van der Waals surface area contributed by atoms with Crippen LogP contribution in [0.3, 0.4) is 0 Å². The highest BCUT2D eigenvalue weighted by Crippen LogP contribution is 2.43. The number of nitrogens with one attached hydrogen (secondary N) is 1. The number of carbonyl (C=O) groups excluding carboxylic acids is 2.